The van der Waals surface area contributed by atoms with Gasteiger partial charge in [-0.2, -0.15) is 0 Å². The molecule has 2 nitrogen and oxygen atoms in total. The third-order valence-electron chi connectivity index (χ3n) is 8.84. The largest absolute Gasteiger partial charge is 0.456 e. The molecule has 0 aliphatic rings. The van der Waals surface area contributed by atoms with Crippen LogP contribution in [0.4, 0.5) is 17.1 Å². The van der Waals surface area contributed by atoms with E-state index in [9.17, 15) is 0 Å². The van der Waals surface area contributed by atoms with Crippen LogP contribution in [-0.2, 0) is 0 Å². The van der Waals surface area contributed by atoms with Gasteiger partial charge < -0.3 is 9.32 Å². The molecular formula is C40H23NOS2. The van der Waals surface area contributed by atoms with Crippen LogP contribution in [0, 0.1) is 0 Å². The predicted molar refractivity (Wildman–Crippen MR) is 192 cm³/mol. The van der Waals surface area contributed by atoms with Crippen LogP contribution in [0.3, 0.4) is 0 Å². The highest BCUT2D eigenvalue weighted by molar-refractivity contribution is 7.30. The Bertz CT molecular complexity index is 2730. The standard InChI is InChI=1S/C40H23NOS2/c1-2-9-25(10-3-1)41(26-15-17-30-29-12-6-7-13-33(29)42-34(30)22-26)27-16-18-31-37(23-27)43-36-21-19-32-38-28-11-5-4-8-24(28)14-20-35(38)44-40(32)39(31)36/h1-23H. The van der Waals surface area contributed by atoms with Crippen molar-refractivity contribution in [1.82, 2.24) is 0 Å². The molecule has 0 N–H and O–H groups in total. The Morgan fingerprint density at radius 2 is 1.09 bits per heavy atom. The van der Waals surface area contributed by atoms with Gasteiger partial charge in [-0.05, 0) is 65.4 Å². The molecule has 0 aliphatic heterocycles. The van der Waals surface area contributed by atoms with Crippen molar-refractivity contribution < 1.29 is 4.42 Å². The number of fused-ring (bicyclic) bond motifs is 12. The van der Waals surface area contributed by atoms with Crippen LogP contribution in [0.2, 0.25) is 0 Å². The highest BCUT2D eigenvalue weighted by Crippen LogP contribution is 2.47. The molecule has 0 fully saturated rings. The van der Waals surface area contributed by atoms with Crippen molar-refractivity contribution in [2.24, 2.45) is 0 Å². The Kier molecular flexibility index (Phi) is 5.06. The second kappa shape index (κ2) is 9.17. The number of thiophene rings is 2. The van der Waals surface area contributed by atoms with Crippen molar-refractivity contribution in [3.8, 4) is 0 Å². The van der Waals surface area contributed by atoms with Gasteiger partial charge in [0.05, 0.1) is 0 Å². The molecule has 0 bridgehead atoms. The van der Waals surface area contributed by atoms with Gasteiger partial charge in [0, 0.05) is 74.2 Å². The molecule has 0 radical (unpaired) electrons. The summed E-state index contributed by atoms with van der Waals surface area (Å²) in [4.78, 5) is 2.33. The summed E-state index contributed by atoms with van der Waals surface area (Å²) in [6, 6.07) is 50.3. The highest BCUT2D eigenvalue weighted by atomic mass is 32.1. The van der Waals surface area contributed by atoms with Gasteiger partial charge in [0.2, 0.25) is 0 Å². The van der Waals surface area contributed by atoms with E-state index in [-0.39, 0.29) is 0 Å². The van der Waals surface area contributed by atoms with E-state index >= 15 is 0 Å². The number of nitrogens with zero attached hydrogens (tertiary/aromatic N) is 1. The first kappa shape index (κ1) is 24.3. The maximum atomic E-state index is 6.29. The third-order valence-corrected chi connectivity index (χ3v) is 11.1. The summed E-state index contributed by atoms with van der Waals surface area (Å²) in [5, 5.41) is 10.3. The Labute approximate surface area is 260 Å². The molecule has 4 heteroatoms. The fourth-order valence-electron chi connectivity index (χ4n) is 6.87. The zero-order valence-corrected chi connectivity index (χ0v) is 25.1. The molecule has 10 aromatic rings. The van der Waals surface area contributed by atoms with E-state index in [0.717, 1.165) is 39.0 Å². The van der Waals surface area contributed by atoms with E-state index in [4.69, 9.17) is 4.42 Å². The van der Waals surface area contributed by atoms with Crippen LogP contribution in [0.15, 0.2) is 144 Å². The van der Waals surface area contributed by atoms with Gasteiger partial charge in [-0.15, -0.1) is 22.7 Å². The van der Waals surface area contributed by atoms with Crippen LogP contribution in [0.5, 0.6) is 0 Å². The van der Waals surface area contributed by atoms with E-state index in [1.807, 2.05) is 34.8 Å². The summed E-state index contributed by atoms with van der Waals surface area (Å²) in [7, 11) is 0. The third kappa shape index (κ3) is 3.47. The number of anilines is 3. The second-order valence-electron chi connectivity index (χ2n) is 11.3. The summed E-state index contributed by atoms with van der Waals surface area (Å²) in [5.74, 6) is 0. The topological polar surface area (TPSA) is 16.4 Å². The minimum Gasteiger partial charge on any atom is -0.456 e. The monoisotopic (exact) mass is 597 g/mol. The maximum absolute atomic E-state index is 6.29. The Morgan fingerprint density at radius 3 is 2.00 bits per heavy atom. The average molecular weight is 598 g/mol. The van der Waals surface area contributed by atoms with E-state index in [1.54, 1.807) is 0 Å². The van der Waals surface area contributed by atoms with Crippen molar-refractivity contribution >= 4 is 113 Å². The van der Waals surface area contributed by atoms with E-state index in [0.29, 0.717) is 0 Å². The molecule has 0 atom stereocenters. The maximum Gasteiger partial charge on any atom is 0.137 e. The predicted octanol–water partition coefficient (Wildman–Crippen LogP) is 12.9. The van der Waals surface area contributed by atoms with Crippen LogP contribution in [0.25, 0.3) is 73.1 Å². The fraction of sp³-hybridized carbons (Fsp3) is 0. The molecule has 0 amide bonds. The van der Waals surface area contributed by atoms with Crippen LogP contribution < -0.4 is 4.90 Å². The van der Waals surface area contributed by atoms with Crippen molar-refractivity contribution in [3.63, 3.8) is 0 Å². The summed E-state index contributed by atoms with van der Waals surface area (Å²) < 4.78 is 11.6. The summed E-state index contributed by atoms with van der Waals surface area (Å²) in [6.07, 6.45) is 0. The number of para-hydroxylation sites is 2. The fourth-order valence-corrected chi connectivity index (χ4v) is 9.36. The Balaban J connectivity index is 1.19. The lowest BCUT2D eigenvalue weighted by atomic mass is 10.0. The van der Waals surface area contributed by atoms with Crippen LogP contribution in [-0.4, -0.2) is 0 Å². The normalized spacial score (nSPS) is 12.1. The van der Waals surface area contributed by atoms with Gasteiger partial charge in [-0.25, -0.2) is 0 Å². The number of furan rings is 1. The highest BCUT2D eigenvalue weighted by Gasteiger charge is 2.19. The van der Waals surface area contributed by atoms with E-state index in [2.05, 4.69) is 132 Å². The molecule has 0 saturated heterocycles. The van der Waals surface area contributed by atoms with Gasteiger partial charge in [-0.1, -0.05) is 78.9 Å². The quantitative estimate of drug-likeness (QED) is 0.201. The minimum absolute atomic E-state index is 0.896. The summed E-state index contributed by atoms with van der Waals surface area (Å²) >= 11 is 3.80. The first-order valence-electron chi connectivity index (χ1n) is 14.8. The first-order chi connectivity index (χ1) is 21.8. The van der Waals surface area contributed by atoms with E-state index < -0.39 is 0 Å². The molecule has 3 aromatic heterocycles. The van der Waals surface area contributed by atoms with Gasteiger partial charge in [0.15, 0.2) is 0 Å². The smallest absolute Gasteiger partial charge is 0.137 e. The molecular weight excluding hydrogens is 575 g/mol. The summed E-state index contributed by atoms with van der Waals surface area (Å²) in [6.45, 7) is 0. The second-order valence-corrected chi connectivity index (χ2v) is 13.4. The van der Waals surface area contributed by atoms with Crippen molar-refractivity contribution in [2.45, 2.75) is 0 Å². The minimum atomic E-state index is 0.896. The molecule has 10 rings (SSSR count). The molecule has 0 saturated carbocycles. The Hall–Kier alpha value is -5.16. The van der Waals surface area contributed by atoms with Crippen molar-refractivity contribution in [1.29, 1.82) is 0 Å². The lowest BCUT2D eigenvalue weighted by molar-refractivity contribution is 0.669. The molecule has 44 heavy (non-hydrogen) atoms. The van der Waals surface area contributed by atoms with Gasteiger partial charge in [0.25, 0.3) is 0 Å². The first-order valence-corrected chi connectivity index (χ1v) is 16.4. The van der Waals surface area contributed by atoms with Gasteiger partial charge >= 0.3 is 0 Å². The van der Waals surface area contributed by atoms with Crippen molar-refractivity contribution in [3.05, 3.63) is 140 Å². The zero-order valence-electron chi connectivity index (χ0n) is 23.5. The molecule has 206 valence electrons. The SMILES string of the molecule is c1ccc(N(c2ccc3c(c2)oc2ccccc23)c2ccc3c(c2)sc2ccc4c(sc5ccc6ccccc6c54)c23)cc1. The Morgan fingerprint density at radius 1 is 0.409 bits per heavy atom. The van der Waals surface area contributed by atoms with Gasteiger partial charge in [-0.3, -0.25) is 0 Å². The number of rotatable bonds is 3. The number of hydrogen-bond donors (Lipinski definition) is 0. The number of hydrogen-bond acceptors (Lipinski definition) is 4. The zero-order chi connectivity index (χ0) is 28.8. The lowest BCUT2D eigenvalue weighted by Gasteiger charge is -2.25. The average Bonchev–Trinajstić information content (AvgIpc) is 3.76. The molecule has 0 aliphatic carbocycles. The van der Waals surface area contributed by atoms with Gasteiger partial charge in [0.1, 0.15) is 11.2 Å². The number of benzene rings is 7. The molecule has 3 heterocycles. The molecule has 0 spiro atoms. The molecule has 7 aromatic carbocycles. The van der Waals surface area contributed by atoms with Crippen molar-refractivity contribution in [2.75, 3.05) is 4.90 Å². The summed E-state index contributed by atoms with van der Waals surface area (Å²) in [5.41, 5.74) is 5.12. The lowest BCUT2D eigenvalue weighted by Crippen LogP contribution is -2.09. The molecule has 0 unspecified atom stereocenters. The van der Waals surface area contributed by atoms with E-state index in [1.165, 1.54) is 51.1 Å². The van der Waals surface area contributed by atoms with Crippen LogP contribution >= 0.6 is 22.7 Å². The van der Waals surface area contributed by atoms with Crippen LogP contribution in [0.1, 0.15) is 0 Å².